The minimum atomic E-state index is 0.153. The van der Waals surface area contributed by atoms with Crippen LogP contribution in [0.4, 0.5) is 5.13 Å². The quantitative estimate of drug-likeness (QED) is 0.786. The van der Waals surface area contributed by atoms with Crippen LogP contribution in [-0.2, 0) is 0 Å². The molecular formula is C9H14N4S. The highest BCUT2D eigenvalue weighted by atomic mass is 32.1. The Hall–Kier alpha value is -0.680. The predicted molar refractivity (Wildman–Crippen MR) is 56.5 cm³/mol. The molecule has 0 amide bonds. The van der Waals surface area contributed by atoms with Gasteiger partial charge < -0.3 is 11.1 Å². The molecular weight excluding hydrogens is 196 g/mol. The van der Waals surface area contributed by atoms with Crippen molar-refractivity contribution < 1.29 is 0 Å². The molecule has 0 spiro atoms. The molecule has 1 aromatic rings. The van der Waals surface area contributed by atoms with Gasteiger partial charge in [0.25, 0.3) is 0 Å². The van der Waals surface area contributed by atoms with Gasteiger partial charge in [-0.05, 0) is 25.7 Å². The second kappa shape index (κ2) is 2.90. The molecule has 0 unspecified atom stereocenters. The van der Waals surface area contributed by atoms with Crippen LogP contribution < -0.4 is 11.1 Å². The third kappa shape index (κ3) is 1.50. The summed E-state index contributed by atoms with van der Waals surface area (Å²) in [5.74, 6) is 1.68. The first kappa shape index (κ1) is 8.61. The lowest BCUT2D eigenvalue weighted by Gasteiger charge is -2.12. The number of nitrogens with zero attached hydrogens (tertiary/aromatic N) is 2. The van der Waals surface area contributed by atoms with Crippen molar-refractivity contribution >= 4 is 16.7 Å². The molecule has 0 saturated heterocycles. The van der Waals surface area contributed by atoms with Crippen LogP contribution in [0.5, 0.6) is 0 Å². The number of hydrogen-bond donors (Lipinski definition) is 2. The molecule has 2 aliphatic carbocycles. The fraction of sp³-hybridized carbons (Fsp3) is 0.778. The number of aromatic nitrogens is 2. The van der Waals surface area contributed by atoms with Gasteiger partial charge in [-0.15, -0.1) is 0 Å². The number of nitrogens with two attached hydrogens (primary N) is 1. The zero-order valence-electron chi connectivity index (χ0n) is 7.99. The Kier molecular flexibility index (Phi) is 1.79. The Labute approximate surface area is 87.1 Å². The van der Waals surface area contributed by atoms with Crippen LogP contribution in [0.2, 0.25) is 0 Å². The van der Waals surface area contributed by atoms with Gasteiger partial charge in [0.1, 0.15) is 5.82 Å². The molecule has 0 bridgehead atoms. The molecule has 0 aliphatic heterocycles. The van der Waals surface area contributed by atoms with Crippen molar-refractivity contribution in [1.82, 2.24) is 9.36 Å². The Bertz CT molecular complexity index is 340. The average Bonchev–Trinajstić information content (AvgIpc) is 3.09. The Morgan fingerprint density at radius 2 is 2.29 bits per heavy atom. The third-order valence-corrected chi connectivity index (χ3v) is 3.65. The maximum atomic E-state index is 5.69. The minimum absolute atomic E-state index is 0.153. The highest BCUT2D eigenvalue weighted by Crippen LogP contribution is 2.41. The first-order valence-electron chi connectivity index (χ1n) is 5.13. The molecule has 3 N–H and O–H groups in total. The summed E-state index contributed by atoms with van der Waals surface area (Å²) in [7, 11) is 0. The summed E-state index contributed by atoms with van der Waals surface area (Å²) in [6.07, 6.45) is 4.86. The van der Waals surface area contributed by atoms with Crippen molar-refractivity contribution in [1.29, 1.82) is 0 Å². The molecule has 1 aromatic heterocycles. The number of anilines is 1. The van der Waals surface area contributed by atoms with Crippen LogP contribution in [0.25, 0.3) is 0 Å². The molecule has 3 rings (SSSR count). The number of hydrogen-bond acceptors (Lipinski definition) is 5. The van der Waals surface area contributed by atoms with Crippen LogP contribution in [0.1, 0.15) is 37.4 Å². The van der Waals surface area contributed by atoms with Gasteiger partial charge in [0.15, 0.2) is 0 Å². The first-order valence-corrected chi connectivity index (χ1v) is 5.90. The van der Waals surface area contributed by atoms with E-state index in [1.165, 1.54) is 37.2 Å². The van der Waals surface area contributed by atoms with Crippen LogP contribution in [0.3, 0.4) is 0 Å². The van der Waals surface area contributed by atoms with E-state index in [2.05, 4.69) is 14.7 Å². The van der Waals surface area contributed by atoms with Gasteiger partial charge in [0.2, 0.25) is 5.13 Å². The maximum absolute atomic E-state index is 5.69. The lowest BCUT2D eigenvalue weighted by Crippen LogP contribution is -2.30. The lowest BCUT2D eigenvalue weighted by atomic mass is 10.3. The SMILES string of the molecule is NCC1(Nc2nc(C3CC3)ns2)CC1. The number of nitrogens with one attached hydrogen (secondary N) is 1. The summed E-state index contributed by atoms with van der Waals surface area (Å²) >= 11 is 1.47. The van der Waals surface area contributed by atoms with E-state index >= 15 is 0 Å². The summed E-state index contributed by atoms with van der Waals surface area (Å²) in [4.78, 5) is 4.49. The third-order valence-electron chi connectivity index (χ3n) is 3.00. The molecule has 4 nitrogen and oxygen atoms in total. The van der Waals surface area contributed by atoms with Crippen LogP contribution in [0.15, 0.2) is 0 Å². The second-order valence-corrected chi connectivity index (χ2v) is 5.09. The molecule has 5 heteroatoms. The monoisotopic (exact) mass is 210 g/mol. The molecule has 1 heterocycles. The molecule has 0 aromatic carbocycles. The van der Waals surface area contributed by atoms with Crippen molar-refractivity contribution in [3.63, 3.8) is 0 Å². The Morgan fingerprint density at radius 3 is 2.86 bits per heavy atom. The van der Waals surface area contributed by atoms with E-state index < -0.39 is 0 Å². The Morgan fingerprint density at radius 1 is 1.50 bits per heavy atom. The van der Waals surface area contributed by atoms with Crippen LogP contribution in [-0.4, -0.2) is 21.4 Å². The normalized spacial score (nSPS) is 23.5. The topological polar surface area (TPSA) is 63.8 Å². The largest absolute Gasteiger partial charge is 0.354 e. The molecule has 0 radical (unpaired) electrons. The molecule has 2 aliphatic rings. The molecule has 76 valence electrons. The molecule has 14 heavy (non-hydrogen) atoms. The lowest BCUT2D eigenvalue weighted by molar-refractivity contribution is 0.739. The van der Waals surface area contributed by atoms with Gasteiger partial charge in [-0.3, -0.25) is 0 Å². The van der Waals surface area contributed by atoms with Gasteiger partial charge >= 0.3 is 0 Å². The van der Waals surface area contributed by atoms with Gasteiger partial charge in [0.05, 0.1) is 5.54 Å². The standard InChI is InChI=1S/C9H14N4S/c10-5-9(3-4-9)12-8-11-7(13-14-8)6-1-2-6/h6H,1-5,10H2,(H,11,12,13). The van der Waals surface area contributed by atoms with Crippen molar-refractivity contribution in [3.05, 3.63) is 5.82 Å². The van der Waals surface area contributed by atoms with Gasteiger partial charge in [-0.2, -0.15) is 4.37 Å². The van der Waals surface area contributed by atoms with Crippen molar-refractivity contribution in [2.75, 3.05) is 11.9 Å². The van der Waals surface area contributed by atoms with Crippen LogP contribution >= 0.6 is 11.5 Å². The van der Waals surface area contributed by atoms with E-state index in [-0.39, 0.29) is 5.54 Å². The summed E-state index contributed by atoms with van der Waals surface area (Å²) in [6, 6.07) is 0. The van der Waals surface area contributed by atoms with E-state index in [1.54, 1.807) is 0 Å². The smallest absolute Gasteiger partial charge is 0.203 e. The van der Waals surface area contributed by atoms with Crippen LogP contribution in [0, 0.1) is 0 Å². The zero-order valence-corrected chi connectivity index (χ0v) is 8.81. The fourth-order valence-corrected chi connectivity index (χ4v) is 2.32. The van der Waals surface area contributed by atoms with Crippen molar-refractivity contribution in [2.24, 2.45) is 5.73 Å². The van der Waals surface area contributed by atoms with E-state index in [0.717, 1.165) is 11.0 Å². The first-order chi connectivity index (χ1) is 6.81. The Balaban J connectivity index is 1.70. The van der Waals surface area contributed by atoms with Crippen molar-refractivity contribution in [2.45, 2.75) is 37.1 Å². The van der Waals surface area contributed by atoms with E-state index in [9.17, 15) is 0 Å². The van der Waals surface area contributed by atoms with Crippen molar-refractivity contribution in [3.8, 4) is 0 Å². The predicted octanol–water partition coefficient (Wildman–Crippen LogP) is 1.32. The minimum Gasteiger partial charge on any atom is -0.354 e. The fourth-order valence-electron chi connectivity index (χ4n) is 1.55. The van der Waals surface area contributed by atoms with Gasteiger partial charge in [-0.1, -0.05) is 0 Å². The van der Waals surface area contributed by atoms with E-state index in [4.69, 9.17) is 5.73 Å². The number of rotatable bonds is 4. The van der Waals surface area contributed by atoms with E-state index in [0.29, 0.717) is 12.5 Å². The second-order valence-electron chi connectivity index (χ2n) is 4.34. The van der Waals surface area contributed by atoms with Gasteiger partial charge in [-0.25, -0.2) is 4.98 Å². The highest BCUT2D eigenvalue weighted by molar-refractivity contribution is 7.09. The summed E-state index contributed by atoms with van der Waals surface area (Å²) in [5, 5.41) is 4.36. The molecule has 2 saturated carbocycles. The summed E-state index contributed by atoms with van der Waals surface area (Å²) in [5.41, 5.74) is 5.84. The summed E-state index contributed by atoms with van der Waals surface area (Å²) < 4.78 is 4.35. The molecule has 0 atom stereocenters. The highest BCUT2D eigenvalue weighted by Gasteiger charge is 2.42. The maximum Gasteiger partial charge on any atom is 0.203 e. The molecule has 2 fully saturated rings. The summed E-state index contributed by atoms with van der Waals surface area (Å²) in [6.45, 7) is 0.700. The van der Waals surface area contributed by atoms with Gasteiger partial charge in [0, 0.05) is 24.0 Å². The average molecular weight is 210 g/mol. The van der Waals surface area contributed by atoms with E-state index in [1.807, 2.05) is 0 Å². The zero-order chi connectivity index (χ0) is 9.60.